The summed E-state index contributed by atoms with van der Waals surface area (Å²) in [5.74, 6) is -0.388. The van der Waals surface area contributed by atoms with E-state index in [1.54, 1.807) is 13.0 Å². The predicted octanol–water partition coefficient (Wildman–Crippen LogP) is 5.47. The van der Waals surface area contributed by atoms with Crippen molar-refractivity contribution >= 4 is 44.9 Å². The number of sulfonamides is 1. The number of benzene rings is 3. The molecule has 15 heteroatoms. The van der Waals surface area contributed by atoms with Crippen LogP contribution in [0.15, 0.2) is 71.6 Å². The molecule has 248 valence electrons. The lowest BCUT2D eigenvalue weighted by Gasteiger charge is -2.33. The first kappa shape index (κ1) is 35.0. The smallest absolute Gasteiger partial charge is 0.416 e. The Morgan fingerprint density at radius 3 is 2.30 bits per heavy atom. The molecule has 3 atom stereocenters. The molecule has 3 N–H and O–H groups in total. The SMILES string of the molecule is C[C@@H]1CN([C@@H](C)CO)C(=O)Cc2cc(NC(=O)Nc3ccc(C(F)(F)F)cc3)ccc2O[C@H]1CN(C)S(=O)(=O)c1ccc(Cl)cc1. The van der Waals surface area contributed by atoms with Gasteiger partial charge in [0, 0.05) is 41.5 Å². The number of halogens is 4. The van der Waals surface area contributed by atoms with Gasteiger partial charge in [-0.15, -0.1) is 0 Å². The molecule has 10 nitrogen and oxygen atoms in total. The van der Waals surface area contributed by atoms with Gasteiger partial charge in [-0.1, -0.05) is 18.5 Å². The molecular formula is C31H34ClF3N4O6S. The summed E-state index contributed by atoms with van der Waals surface area (Å²) in [5, 5.41) is 15.3. The lowest BCUT2D eigenvalue weighted by Crippen LogP contribution is -2.48. The Hall–Kier alpha value is -3.85. The number of aliphatic hydroxyl groups excluding tert-OH is 1. The van der Waals surface area contributed by atoms with E-state index < -0.39 is 39.9 Å². The maximum Gasteiger partial charge on any atom is 0.416 e. The molecule has 0 aromatic heterocycles. The summed E-state index contributed by atoms with van der Waals surface area (Å²) >= 11 is 5.93. The van der Waals surface area contributed by atoms with Crippen LogP contribution in [0.1, 0.15) is 25.0 Å². The molecule has 0 bridgehead atoms. The fourth-order valence-corrected chi connectivity index (χ4v) is 6.21. The van der Waals surface area contributed by atoms with Crippen molar-refractivity contribution in [2.45, 2.75) is 43.5 Å². The summed E-state index contributed by atoms with van der Waals surface area (Å²) in [6.45, 7) is 3.32. The van der Waals surface area contributed by atoms with Crippen molar-refractivity contribution in [3.05, 3.63) is 82.9 Å². The fourth-order valence-electron chi connectivity index (χ4n) is 4.90. The molecule has 0 saturated heterocycles. The van der Waals surface area contributed by atoms with E-state index >= 15 is 0 Å². The monoisotopic (exact) mass is 682 g/mol. The maximum absolute atomic E-state index is 13.5. The zero-order chi connectivity index (χ0) is 33.8. The van der Waals surface area contributed by atoms with Crippen molar-refractivity contribution in [1.82, 2.24) is 9.21 Å². The fraction of sp³-hybridized carbons (Fsp3) is 0.355. The molecule has 1 aliphatic rings. The molecule has 3 amide bonds. The number of hydrogen-bond donors (Lipinski definition) is 3. The molecular weight excluding hydrogens is 649 g/mol. The van der Waals surface area contributed by atoms with Crippen molar-refractivity contribution in [1.29, 1.82) is 0 Å². The minimum Gasteiger partial charge on any atom is -0.488 e. The van der Waals surface area contributed by atoms with E-state index in [1.807, 2.05) is 6.92 Å². The summed E-state index contributed by atoms with van der Waals surface area (Å²) in [6, 6.07) is 13.1. The number of nitrogens with zero attached hydrogens (tertiary/aromatic N) is 2. The van der Waals surface area contributed by atoms with Crippen molar-refractivity contribution in [2.24, 2.45) is 5.92 Å². The molecule has 0 fully saturated rings. The second-order valence-electron chi connectivity index (χ2n) is 11.1. The number of ether oxygens (including phenoxy) is 1. The average molecular weight is 683 g/mol. The Balaban J connectivity index is 1.58. The number of hydrogen-bond acceptors (Lipinski definition) is 6. The first-order valence-electron chi connectivity index (χ1n) is 14.3. The molecule has 4 rings (SSSR count). The largest absolute Gasteiger partial charge is 0.488 e. The molecule has 0 spiro atoms. The Labute approximate surface area is 270 Å². The van der Waals surface area contributed by atoms with Crippen LogP contribution in [-0.4, -0.2) is 73.6 Å². The summed E-state index contributed by atoms with van der Waals surface area (Å²) < 4.78 is 72.8. The third-order valence-electron chi connectivity index (χ3n) is 7.60. The zero-order valence-electron chi connectivity index (χ0n) is 25.2. The number of fused-ring (bicyclic) bond motifs is 1. The van der Waals surface area contributed by atoms with E-state index in [0.717, 1.165) is 28.6 Å². The van der Waals surface area contributed by atoms with Crippen LogP contribution in [0.4, 0.5) is 29.3 Å². The van der Waals surface area contributed by atoms with Crippen LogP contribution in [0.25, 0.3) is 0 Å². The Bertz CT molecular complexity index is 1660. The topological polar surface area (TPSA) is 128 Å². The number of anilines is 2. The first-order chi connectivity index (χ1) is 21.6. The van der Waals surface area contributed by atoms with Crippen LogP contribution >= 0.6 is 11.6 Å². The molecule has 1 heterocycles. The van der Waals surface area contributed by atoms with Gasteiger partial charge in [-0.25, -0.2) is 13.2 Å². The average Bonchev–Trinajstić information content (AvgIpc) is 3.04. The van der Waals surface area contributed by atoms with E-state index in [1.165, 1.54) is 48.3 Å². The number of nitrogens with one attached hydrogen (secondary N) is 2. The van der Waals surface area contributed by atoms with E-state index in [4.69, 9.17) is 16.3 Å². The predicted molar refractivity (Wildman–Crippen MR) is 167 cm³/mol. The van der Waals surface area contributed by atoms with Gasteiger partial charge in [-0.3, -0.25) is 4.79 Å². The van der Waals surface area contributed by atoms with Gasteiger partial charge in [0.15, 0.2) is 0 Å². The van der Waals surface area contributed by atoms with Crippen molar-refractivity contribution < 1.29 is 41.0 Å². The van der Waals surface area contributed by atoms with Gasteiger partial charge in [0.2, 0.25) is 15.9 Å². The number of alkyl halides is 3. The van der Waals surface area contributed by atoms with Crippen LogP contribution in [0.2, 0.25) is 5.02 Å². The zero-order valence-corrected chi connectivity index (χ0v) is 26.8. The van der Waals surface area contributed by atoms with E-state index in [-0.39, 0.29) is 54.2 Å². The molecule has 0 unspecified atom stereocenters. The third kappa shape index (κ3) is 8.49. The summed E-state index contributed by atoms with van der Waals surface area (Å²) in [4.78, 5) is 27.7. The van der Waals surface area contributed by atoms with E-state index in [9.17, 15) is 36.3 Å². The molecule has 3 aromatic carbocycles. The molecule has 3 aromatic rings. The van der Waals surface area contributed by atoms with Gasteiger partial charge in [0.05, 0.1) is 36.1 Å². The third-order valence-corrected chi connectivity index (χ3v) is 9.69. The van der Waals surface area contributed by atoms with Crippen molar-refractivity contribution in [3.63, 3.8) is 0 Å². The maximum atomic E-state index is 13.5. The Morgan fingerprint density at radius 2 is 1.70 bits per heavy atom. The second-order valence-corrected chi connectivity index (χ2v) is 13.6. The highest BCUT2D eigenvalue weighted by molar-refractivity contribution is 7.89. The highest BCUT2D eigenvalue weighted by atomic mass is 35.5. The lowest BCUT2D eigenvalue weighted by atomic mass is 10.0. The summed E-state index contributed by atoms with van der Waals surface area (Å²) in [6.07, 6.45) is -5.39. The number of carbonyl (C=O) groups excluding carboxylic acids is 2. The normalized spacial score (nSPS) is 18.1. The van der Waals surface area contributed by atoms with Crippen molar-refractivity contribution in [3.8, 4) is 5.75 Å². The van der Waals surface area contributed by atoms with Crippen molar-refractivity contribution in [2.75, 3.05) is 37.4 Å². The molecule has 0 aliphatic carbocycles. The number of rotatable bonds is 8. The molecule has 0 radical (unpaired) electrons. The number of aliphatic hydroxyl groups is 1. The minimum absolute atomic E-state index is 0.0477. The molecule has 1 aliphatic heterocycles. The van der Waals surface area contributed by atoms with Crippen LogP contribution in [0.5, 0.6) is 5.75 Å². The Kier molecular flexibility index (Phi) is 10.9. The highest BCUT2D eigenvalue weighted by Gasteiger charge is 2.34. The number of likely N-dealkylation sites (N-methyl/N-ethyl adjacent to an activating group) is 1. The Morgan fingerprint density at radius 1 is 1.09 bits per heavy atom. The lowest BCUT2D eigenvalue weighted by molar-refractivity contribution is -0.137. The van der Waals surface area contributed by atoms with Crippen LogP contribution in [0, 0.1) is 5.92 Å². The van der Waals surface area contributed by atoms with Crippen LogP contribution < -0.4 is 15.4 Å². The van der Waals surface area contributed by atoms with E-state index in [0.29, 0.717) is 16.3 Å². The summed E-state index contributed by atoms with van der Waals surface area (Å²) in [5.41, 5.74) is -0.0519. The number of amides is 3. The standard InChI is InChI=1S/C31H34ClF3N4O6S/c1-19-16-39(20(2)18-40)29(41)15-21-14-25(37-30(42)36-24-8-4-22(5-9-24)31(33,34)35)10-13-27(21)45-28(19)17-38(3)46(43,44)26-11-6-23(32)7-12-26/h4-14,19-20,28,40H,15-18H2,1-3H3,(H2,36,37,42)/t19-,20+,28+/m1/s1. The van der Waals surface area contributed by atoms with Crippen LogP contribution in [0.3, 0.4) is 0 Å². The summed E-state index contributed by atoms with van der Waals surface area (Å²) in [7, 11) is -2.50. The van der Waals surface area contributed by atoms with E-state index in [2.05, 4.69) is 10.6 Å². The van der Waals surface area contributed by atoms with Gasteiger partial charge >= 0.3 is 12.2 Å². The van der Waals surface area contributed by atoms with Gasteiger partial charge in [0.25, 0.3) is 0 Å². The minimum atomic E-state index is -4.51. The van der Waals surface area contributed by atoms with Gasteiger partial charge in [-0.2, -0.15) is 17.5 Å². The first-order valence-corrected chi connectivity index (χ1v) is 16.1. The quantitative estimate of drug-likeness (QED) is 0.289. The number of carbonyl (C=O) groups is 2. The van der Waals surface area contributed by atoms with Gasteiger partial charge < -0.3 is 25.4 Å². The number of urea groups is 1. The molecule has 46 heavy (non-hydrogen) atoms. The second kappa shape index (κ2) is 14.3. The van der Waals surface area contributed by atoms with Gasteiger partial charge in [0.1, 0.15) is 11.9 Å². The highest BCUT2D eigenvalue weighted by Crippen LogP contribution is 2.31. The molecule has 0 saturated carbocycles. The van der Waals surface area contributed by atoms with Gasteiger partial charge in [-0.05, 0) is 73.7 Å². The van der Waals surface area contributed by atoms with Crippen LogP contribution in [-0.2, 0) is 27.4 Å².